The number of alkyl carbamates (subject to hydrolysis) is 1. The summed E-state index contributed by atoms with van der Waals surface area (Å²) in [6.45, 7) is 13.8. The van der Waals surface area contributed by atoms with E-state index in [1.54, 1.807) is 0 Å². The number of hydrogen-bond donors (Lipinski definition) is 1. The van der Waals surface area contributed by atoms with Gasteiger partial charge in [-0.3, -0.25) is 0 Å². The Balaban J connectivity index is 1.61. The topological polar surface area (TPSA) is 41.6 Å². The van der Waals surface area contributed by atoms with Gasteiger partial charge in [0.15, 0.2) is 0 Å². The number of ether oxygens (including phenoxy) is 1. The number of likely N-dealkylation sites (tertiary alicyclic amines) is 1. The Bertz CT molecular complexity index is 860. The van der Waals surface area contributed by atoms with Crippen molar-refractivity contribution < 1.29 is 9.53 Å². The molecule has 1 heterocycles. The summed E-state index contributed by atoms with van der Waals surface area (Å²) >= 11 is 0. The molecular weight excluding hydrogens is 384 g/mol. The van der Waals surface area contributed by atoms with Gasteiger partial charge in [-0.25, -0.2) is 4.79 Å². The molecule has 0 radical (unpaired) electrons. The third kappa shape index (κ3) is 6.10. The minimum atomic E-state index is -0.453. The van der Waals surface area contributed by atoms with Crippen molar-refractivity contribution >= 4 is 6.09 Å². The second-order valence-corrected chi connectivity index (χ2v) is 9.89. The van der Waals surface area contributed by atoms with Gasteiger partial charge in [0, 0.05) is 12.0 Å². The van der Waals surface area contributed by atoms with Crippen LogP contribution in [0.1, 0.15) is 62.3 Å². The zero-order valence-electron chi connectivity index (χ0n) is 19.8. The van der Waals surface area contributed by atoms with E-state index in [0.717, 1.165) is 38.9 Å². The third-order valence-corrected chi connectivity index (χ3v) is 6.29. The molecule has 4 heteroatoms. The maximum Gasteiger partial charge on any atom is 0.407 e. The Hall–Kier alpha value is -2.33. The number of carbonyl (C=O) groups excluding carboxylic acids is 1. The summed E-state index contributed by atoms with van der Waals surface area (Å²) in [5.41, 5.74) is 5.19. The first kappa shape index (κ1) is 23.3. The highest BCUT2D eigenvalue weighted by molar-refractivity contribution is 5.67. The van der Waals surface area contributed by atoms with E-state index in [9.17, 15) is 4.79 Å². The van der Waals surface area contributed by atoms with Gasteiger partial charge in [-0.05, 0) is 90.2 Å². The molecule has 31 heavy (non-hydrogen) atoms. The van der Waals surface area contributed by atoms with Crippen LogP contribution in [0.15, 0.2) is 48.5 Å². The second-order valence-electron chi connectivity index (χ2n) is 9.89. The molecule has 1 aliphatic rings. The van der Waals surface area contributed by atoms with E-state index < -0.39 is 5.60 Å². The SMILES string of the molecule is Cc1ccc(C2(c3ccccc3C)CCN(CCCNC(=O)OC(C)(C)C)CC2)cc1. The highest BCUT2D eigenvalue weighted by Crippen LogP contribution is 2.43. The molecule has 0 aliphatic carbocycles. The summed E-state index contributed by atoms with van der Waals surface area (Å²) in [5.74, 6) is 0. The van der Waals surface area contributed by atoms with Crippen molar-refractivity contribution in [2.75, 3.05) is 26.2 Å². The lowest BCUT2D eigenvalue weighted by Gasteiger charge is -2.43. The van der Waals surface area contributed by atoms with Gasteiger partial charge in [-0.1, -0.05) is 54.1 Å². The van der Waals surface area contributed by atoms with E-state index in [4.69, 9.17) is 4.74 Å². The fourth-order valence-corrected chi connectivity index (χ4v) is 4.66. The zero-order chi connectivity index (χ0) is 22.5. The van der Waals surface area contributed by atoms with E-state index in [2.05, 4.69) is 72.6 Å². The number of aryl methyl sites for hydroxylation is 2. The van der Waals surface area contributed by atoms with Gasteiger partial charge in [0.05, 0.1) is 0 Å². The van der Waals surface area contributed by atoms with Gasteiger partial charge >= 0.3 is 6.09 Å². The third-order valence-electron chi connectivity index (χ3n) is 6.29. The lowest BCUT2D eigenvalue weighted by Crippen LogP contribution is -2.44. The number of hydrogen-bond acceptors (Lipinski definition) is 3. The van der Waals surface area contributed by atoms with Gasteiger partial charge in [-0.2, -0.15) is 0 Å². The van der Waals surface area contributed by atoms with Crippen molar-refractivity contribution in [2.45, 2.75) is 64.9 Å². The van der Waals surface area contributed by atoms with Crippen LogP contribution < -0.4 is 5.32 Å². The van der Waals surface area contributed by atoms with Gasteiger partial charge in [0.1, 0.15) is 5.60 Å². The number of piperidine rings is 1. The van der Waals surface area contributed by atoms with E-state index in [1.807, 2.05) is 20.8 Å². The molecule has 4 nitrogen and oxygen atoms in total. The van der Waals surface area contributed by atoms with Crippen LogP contribution in [0.4, 0.5) is 4.79 Å². The molecule has 2 aromatic carbocycles. The molecule has 3 rings (SSSR count). The van der Waals surface area contributed by atoms with Crippen molar-refractivity contribution in [1.29, 1.82) is 0 Å². The lowest BCUT2D eigenvalue weighted by atomic mass is 9.67. The van der Waals surface area contributed by atoms with Crippen molar-refractivity contribution in [3.63, 3.8) is 0 Å². The predicted octanol–water partition coefficient (Wildman–Crippen LogP) is 5.60. The van der Waals surface area contributed by atoms with Crippen molar-refractivity contribution in [1.82, 2.24) is 10.2 Å². The van der Waals surface area contributed by atoms with Crippen molar-refractivity contribution in [2.24, 2.45) is 0 Å². The highest BCUT2D eigenvalue weighted by atomic mass is 16.6. The highest BCUT2D eigenvalue weighted by Gasteiger charge is 2.38. The van der Waals surface area contributed by atoms with Gasteiger partial charge in [0.25, 0.3) is 0 Å². The normalized spacial score (nSPS) is 16.7. The summed E-state index contributed by atoms with van der Waals surface area (Å²) in [5, 5.41) is 2.87. The van der Waals surface area contributed by atoms with E-state index in [1.165, 1.54) is 22.3 Å². The summed E-state index contributed by atoms with van der Waals surface area (Å²) in [7, 11) is 0. The van der Waals surface area contributed by atoms with E-state index in [0.29, 0.717) is 6.54 Å². The molecule has 1 N–H and O–H groups in total. The molecule has 1 fully saturated rings. The number of nitrogens with zero attached hydrogens (tertiary/aromatic N) is 1. The van der Waals surface area contributed by atoms with Crippen molar-refractivity contribution in [3.8, 4) is 0 Å². The van der Waals surface area contributed by atoms with Crippen LogP contribution >= 0.6 is 0 Å². The molecule has 0 atom stereocenters. The fraction of sp³-hybridized carbons (Fsp3) is 0.519. The molecule has 2 aromatic rings. The second kappa shape index (κ2) is 9.86. The van der Waals surface area contributed by atoms with Crippen LogP contribution in [-0.2, 0) is 10.2 Å². The largest absolute Gasteiger partial charge is 0.444 e. The lowest BCUT2D eigenvalue weighted by molar-refractivity contribution is 0.0525. The van der Waals surface area contributed by atoms with Crippen LogP contribution in [0.2, 0.25) is 0 Å². The average molecular weight is 423 g/mol. The Kier molecular flexibility index (Phi) is 7.42. The summed E-state index contributed by atoms with van der Waals surface area (Å²) < 4.78 is 5.31. The average Bonchev–Trinajstić information content (AvgIpc) is 2.71. The monoisotopic (exact) mass is 422 g/mol. The van der Waals surface area contributed by atoms with Crippen LogP contribution in [0.3, 0.4) is 0 Å². The van der Waals surface area contributed by atoms with E-state index >= 15 is 0 Å². The summed E-state index contributed by atoms with van der Waals surface area (Å²) in [4.78, 5) is 14.3. The Labute approximate surface area is 188 Å². The minimum Gasteiger partial charge on any atom is -0.444 e. The Morgan fingerprint density at radius 2 is 1.68 bits per heavy atom. The first-order valence-corrected chi connectivity index (χ1v) is 11.5. The van der Waals surface area contributed by atoms with Gasteiger partial charge in [0.2, 0.25) is 0 Å². The van der Waals surface area contributed by atoms with Crippen molar-refractivity contribution in [3.05, 3.63) is 70.8 Å². The molecule has 1 amide bonds. The summed E-state index contributed by atoms with van der Waals surface area (Å²) in [6.07, 6.45) is 2.83. The number of benzene rings is 2. The first-order valence-electron chi connectivity index (χ1n) is 11.5. The molecule has 0 spiro atoms. The van der Waals surface area contributed by atoms with Crippen LogP contribution in [0.5, 0.6) is 0 Å². The number of amides is 1. The van der Waals surface area contributed by atoms with Crippen LogP contribution in [-0.4, -0.2) is 42.8 Å². The smallest absolute Gasteiger partial charge is 0.407 e. The molecule has 1 saturated heterocycles. The Morgan fingerprint density at radius 3 is 2.29 bits per heavy atom. The Morgan fingerprint density at radius 1 is 1.03 bits per heavy atom. The molecule has 168 valence electrons. The molecule has 0 bridgehead atoms. The maximum atomic E-state index is 11.8. The standard InChI is InChI=1S/C27H38N2O2/c1-21-11-13-23(14-12-21)27(24-10-7-6-9-22(24)2)15-19-29(20-16-27)18-8-17-28-25(30)31-26(3,4)5/h6-7,9-14H,8,15-20H2,1-5H3,(H,28,30). The quantitative estimate of drug-likeness (QED) is 0.616. The maximum absolute atomic E-state index is 11.8. The van der Waals surface area contributed by atoms with E-state index in [-0.39, 0.29) is 11.5 Å². The zero-order valence-corrected chi connectivity index (χ0v) is 19.8. The molecular formula is C27H38N2O2. The van der Waals surface area contributed by atoms with Gasteiger partial charge < -0.3 is 15.0 Å². The first-order chi connectivity index (χ1) is 14.7. The number of carbonyl (C=O) groups is 1. The summed E-state index contributed by atoms with van der Waals surface area (Å²) in [6, 6.07) is 18.0. The number of nitrogens with one attached hydrogen (secondary N) is 1. The molecule has 0 unspecified atom stereocenters. The minimum absolute atomic E-state index is 0.0737. The molecule has 1 aliphatic heterocycles. The molecule has 0 aromatic heterocycles. The van der Waals surface area contributed by atoms with Crippen LogP contribution in [0.25, 0.3) is 0 Å². The van der Waals surface area contributed by atoms with Gasteiger partial charge in [-0.15, -0.1) is 0 Å². The molecule has 0 saturated carbocycles. The van der Waals surface area contributed by atoms with Crippen LogP contribution in [0, 0.1) is 13.8 Å². The predicted molar refractivity (Wildman–Crippen MR) is 128 cm³/mol. The number of rotatable bonds is 6. The fourth-order valence-electron chi connectivity index (χ4n) is 4.66.